The van der Waals surface area contributed by atoms with E-state index in [0.29, 0.717) is 19.3 Å². The van der Waals surface area contributed by atoms with E-state index in [1.54, 1.807) is 0 Å². The minimum atomic E-state index is -0.785. The van der Waals surface area contributed by atoms with Gasteiger partial charge in [0.05, 0.1) is 0 Å². The second kappa shape index (κ2) is 58.4. The van der Waals surface area contributed by atoms with Crippen LogP contribution in [0.1, 0.15) is 297 Å². The van der Waals surface area contributed by atoms with Crippen LogP contribution in [0.4, 0.5) is 0 Å². The molecule has 0 heterocycles. The molecule has 0 bridgehead atoms. The van der Waals surface area contributed by atoms with Crippen LogP contribution in [-0.2, 0) is 28.6 Å². The standard InChI is InChI=1S/C64H112O6/c1-4-7-10-13-16-19-21-23-25-27-28-29-30-31-32-33-34-35-36-38-39-41-43-45-48-51-54-57-63(66)69-60-61(59-68-62(65)56-53-50-47-18-15-12-9-6-3)70-64(67)58-55-52-49-46-44-42-40-37-26-24-22-20-17-14-11-8-5-2/h8,11,17,20-21,23-24,26-28,40,42,61H,4-7,9-10,12-16,18-19,22,25,29-39,41,43-60H2,1-3H3/b11-8-,20-17-,23-21-,26-24-,28-27-,42-40-. The molecule has 0 fully saturated rings. The zero-order chi connectivity index (χ0) is 50.7. The van der Waals surface area contributed by atoms with Gasteiger partial charge in [0.1, 0.15) is 13.2 Å². The van der Waals surface area contributed by atoms with Gasteiger partial charge in [-0.25, -0.2) is 0 Å². The normalized spacial score (nSPS) is 12.6. The lowest BCUT2D eigenvalue weighted by molar-refractivity contribution is -0.167. The molecule has 0 aliphatic rings. The van der Waals surface area contributed by atoms with Crippen molar-refractivity contribution >= 4 is 17.9 Å². The van der Waals surface area contributed by atoms with E-state index < -0.39 is 6.10 Å². The van der Waals surface area contributed by atoms with Crippen LogP contribution in [0.5, 0.6) is 0 Å². The number of ether oxygens (including phenoxy) is 3. The van der Waals surface area contributed by atoms with Crippen LogP contribution >= 0.6 is 0 Å². The van der Waals surface area contributed by atoms with Crippen LogP contribution in [-0.4, -0.2) is 37.2 Å². The molecule has 404 valence electrons. The van der Waals surface area contributed by atoms with Gasteiger partial charge in [0.15, 0.2) is 6.10 Å². The SMILES string of the molecule is CC/C=C\C/C=C\C/C=C\C/C=C\CCCCCCC(=O)OC(COC(=O)CCCCCCCCCC)COC(=O)CCCCCCCCCCCCCCCCC/C=C\C/C=C\CCCCCCC. The van der Waals surface area contributed by atoms with Crippen molar-refractivity contribution in [3.63, 3.8) is 0 Å². The van der Waals surface area contributed by atoms with Gasteiger partial charge in [-0.2, -0.15) is 0 Å². The first kappa shape index (κ1) is 66.9. The average molecular weight is 978 g/mol. The van der Waals surface area contributed by atoms with Crippen LogP contribution < -0.4 is 0 Å². The van der Waals surface area contributed by atoms with E-state index in [2.05, 4.69) is 93.7 Å². The zero-order valence-electron chi connectivity index (χ0n) is 46.3. The lowest BCUT2D eigenvalue weighted by atomic mass is 10.0. The number of hydrogen-bond donors (Lipinski definition) is 0. The van der Waals surface area contributed by atoms with E-state index in [0.717, 1.165) is 103 Å². The molecule has 1 unspecified atom stereocenters. The third-order valence-electron chi connectivity index (χ3n) is 12.9. The smallest absolute Gasteiger partial charge is 0.306 e. The molecule has 0 saturated carbocycles. The summed E-state index contributed by atoms with van der Waals surface area (Å²) in [7, 11) is 0. The molecule has 0 aromatic heterocycles. The molecule has 0 aliphatic heterocycles. The van der Waals surface area contributed by atoms with Gasteiger partial charge in [-0.3, -0.25) is 14.4 Å². The molecule has 0 aromatic carbocycles. The number of unbranched alkanes of at least 4 members (excludes halogenated alkanes) is 31. The number of hydrogen-bond acceptors (Lipinski definition) is 6. The first-order valence-corrected chi connectivity index (χ1v) is 29.9. The molecule has 0 spiro atoms. The number of allylic oxidation sites excluding steroid dienone is 12. The fourth-order valence-electron chi connectivity index (χ4n) is 8.47. The van der Waals surface area contributed by atoms with E-state index in [1.165, 1.54) is 154 Å². The van der Waals surface area contributed by atoms with Crippen LogP contribution in [0.25, 0.3) is 0 Å². The van der Waals surface area contributed by atoms with Gasteiger partial charge in [0, 0.05) is 19.3 Å². The summed E-state index contributed by atoms with van der Waals surface area (Å²) in [5.41, 5.74) is 0. The summed E-state index contributed by atoms with van der Waals surface area (Å²) in [5.74, 6) is -0.903. The second-order valence-corrected chi connectivity index (χ2v) is 19.9. The fraction of sp³-hybridized carbons (Fsp3) is 0.766. The van der Waals surface area contributed by atoms with Crippen molar-refractivity contribution in [3.8, 4) is 0 Å². The third-order valence-corrected chi connectivity index (χ3v) is 12.9. The van der Waals surface area contributed by atoms with Crippen molar-refractivity contribution < 1.29 is 28.6 Å². The summed E-state index contributed by atoms with van der Waals surface area (Å²) in [4.78, 5) is 38.0. The van der Waals surface area contributed by atoms with Crippen molar-refractivity contribution in [2.24, 2.45) is 0 Å². The molecule has 1 atom stereocenters. The number of rotatable bonds is 54. The quantitative estimate of drug-likeness (QED) is 0.0261. The van der Waals surface area contributed by atoms with Gasteiger partial charge >= 0.3 is 17.9 Å². The lowest BCUT2D eigenvalue weighted by Crippen LogP contribution is -2.30. The van der Waals surface area contributed by atoms with Crippen LogP contribution in [0, 0.1) is 0 Å². The Morgan fingerprint density at radius 1 is 0.300 bits per heavy atom. The second-order valence-electron chi connectivity index (χ2n) is 19.9. The highest BCUT2D eigenvalue weighted by Crippen LogP contribution is 2.16. The minimum absolute atomic E-state index is 0.0832. The number of carbonyl (C=O) groups is 3. The number of esters is 3. The summed E-state index contributed by atoms with van der Waals surface area (Å²) in [6, 6.07) is 0. The Morgan fingerprint density at radius 2 is 0.557 bits per heavy atom. The summed E-state index contributed by atoms with van der Waals surface area (Å²) < 4.78 is 16.8. The molecule has 70 heavy (non-hydrogen) atoms. The molecule has 0 amide bonds. The Bertz CT molecular complexity index is 1310. The minimum Gasteiger partial charge on any atom is -0.462 e. The average Bonchev–Trinajstić information content (AvgIpc) is 3.36. The summed E-state index contributed by atoms with van der Waals surface area (Å²) in [6.07, 6.45) is 74.9. The summed E-state index contributed by atoms with van der Waals surface area (Å²) >= 11 is 0. The van der Waals surface area contributed by atoms with Gasteiger partial charge in [-0.15, -0.1) is 0 Å². The number of carbonyl (C=O) groups excluding carboxylic acids is 3. The Morgan fingerprint density at radius 3 is 0.871 bits per heavy atom. The van der Waals surface area contributed by atoms with Crippen molar-refractivity contribution in [3.05, 3.63) is 72.9 Å². The van der Waals surface area contributed by atoms with E-state index in [9.17, 15) is 14.4 Å². The Labute approximate surface area is 433 Å². The van der Waals surface area contributed by atoms with Gasteiger partial charge in [-0.1, -0.05) is 261 Å². The van der Waals surface area contributed by atoms with Crippen LogP contribution in [0.2, 0.25) is 0 Å². The van der Waals surface area contributed by atoms with E-state index in [4.69, 9.17) is 14.2 Å². The van der Waals surface area contributed by atoms with Crippen LogP contribution in [0.3, 0.4) is 0 Å². The van der Waals surface area contributed by atoms with Crippen molar-refractivity contribution in [1.29, 1.82) is 0 Å². The Kier molecular flexibility index (Phi) is 55.8. The molecule has 0 radical (unpaired) electrons. The van der Waals surface area contributed by atoms with Crippen molar-refractivity contribution in [1.82, 2.24) is 0 Å². The molecule has 6 nitrogen and oxygen atoms in total. The lowest BCUT2D eigenvalue weighted by Gasteiger charge is -2.18. The first-order chi connectivity index (χ1) is 34.5. The van der Waals surface area contributed by atoms with Gasteiger partial charge < -0.3 is 14.2 Å². The predicted molar refractivity (Wildman–Crippen MR) is 302 cm³/mol. The van der Waals surface area contributed by atoms with Gasteiger partial charge in [0.25, 0.3) is 0 Å². The summed E-state index contributed by atoms with van der Waals surface area (Å²) in [5, 5.41) is 0. The van der Waals surface area contributed by atoms with Gasteiger partial charge in [0.2, 0.25) is 0 Å². The first-order valence-electron chi connectivity index (χ1n) is 29.9. The molecule has 0 N–H and O–H groups in total. The topological polar surface area (TPSA) is 78.9 Å². The summed E-state index contributed by atoms with van der Waals surface area (Å²) in [6.45, 7) is 6.49. The molecular weight excluding hydrogens is 865 g/mol. The predicted octanol–water partition coefficient (Wildman–Crippen LogP) is 20.2. The maximum atomic E-state index is 12.8. The zero-order valence-corrected chi connectivity index (χ0v) is 46.3. The third kappa shape index (κ3) is 55.8. The monoisotopic (exact) mass is 977 g/mol. The Hall–Kier alpha value is -3.15. The van der Waals surface area contributed by atoms with Gasteiger partial charge in [-0.05, 0) is 89.9 Å². The van der Waals surface area contributed by atoms with E-state index in [-0.39, 0.29) is 31.1 Å². The molecule has 0 saturated heterocycles. The largest absolute Gasteiger partial charge is 0.462 e. The highest BCUT2D eigenvalue weighted by Gasteiger charge is 2.19. The van der Waals surface area contributed by atoms with E-state index in [1.807, 2.05) is 0 Å². The molecule has 6 heteroatoms. The molecular formula is C64H112O6. The highest BCUT2D eigenvalue weighted by atomic mass is 16.6. The molecule has 0 aromatic rings. The highest BCUT2D eigenvalue weighted by molar-refractivity contribution is 5.71. The van der Waals surface area contributed by atoms with Crippen molar-refractivity contribution in [2.45, 2.75) is 303 Å². The van der Waals surface area contributed by atoms with Crippen molar-refractivity contribution in [2.75, 3.05) is 13.2 Å². The molecule has 0 aliphatic carbocycles. The maximum Gasteiger partial charge on any atom is 0.306 e. The molecule has 0 rings (SSSR count). The fourth-order valence-corrected chi connectivity index (χ4v) is 8.47. The maximum absolute atomic E-state index is 12.8. The Balaban J connectivity index is 4.17. The van der Waals surface area contributed by atoms with Crippen LogP contribution in [0.15, 0.2) is 72.9 Å². The van der Waals surface area contributed by atoms with E-state index >= 15 is 0 Å².